The molecule has 0 saturated heterocycles. The zero-order valence-electron chi connectivity index (χ0n) is 13.1. The number of carbonyl (C=O) groups excluding carboxylic acids is 1. The van der Waals surface area contributed by atoms with Crippen molar-refractivity contribution < 1.29 is 14.3 Å². The molecule has 114 valence electrons. The van der Waals surface area contributed by atoms with Gasteiger partial charge in [0.2, 0.25) is 0 Å². The van der Waals surface area contributed by atoms with E-state index in [0.29, 0.717) is 5.57 Å². The molecule has 3 heteroatoms. The lowest BCUT2D eigenvalue weighted by Crippen LogP contribution is -2.05. The first-order valence-electron chi connectivity index (χ1n) is 7.40. The second-order valence-electron chi connectivity index (χ2n) is 4.84. The number of esters is 1. The minimum Gasteiger partial charge on any atom is -0.468 e. The van der Waals surface area contributed by atoms with E-state index in [9.17, 15) is 4.79 Å². The van der Waals surface area contributed by atoms with E-state index < -0.39 is 5.97 Å². The van der Waals surface area contributed by atoms with Crippen LogP contribution in [0.1, 0.15) is 58.8 Å². The van der Waals surface area contributed by atoms with Crippen LogP contribution in [0.2, 0.25) is 0 Å². The molecule has 0 N–H and O–H groups in total. The molecule has 0 aromatic heterocycles. The lowest BCUT2D eigenvalue weighted by atomic mass is 10.1. The quantitative estimate of drug-likeness (QED) is 0.177. The van der Waals surface area contributed by atoms with Crippen LogP contribution in [0.5, 0.6) is 0 Å². The third-order valence-corrected chi connectivity index (χ3v) is 2.84. The molecular formula is C17H28O3. The van der Waals surface area contributed by atoms with Gasteiger partial charge in [-0.3, -0.25) is 0 Å². The second-order valence-corrected chi connectivity index (χ2v) is 4.84. The zero-order chi connectivity index (χ0) is 15.2. The van der Waals surface area contributed by atoms with E-state index in [0.717, 1.165) is 6.42 Å². The Bertz CT molecular complexity index is 340. The maximum absolute atomic E-state index is 11.3. The van der Waals surface area contributed by atoms with Crippen LogP contribution < -0.4 is 0 Å². The summed E-state index contributed by atoms with van der Waals surface area (Å²) in [6.45, 7) is 7.34. The molecule has 0 saturated carbocycles. The van der Waals surface area contributed by atoms with Gasteiger partial charge in [0.25, 0.3) is 5.95 Å². The van der Waals surface area contributed by atoms with Gasteiger partial charge in [-0.1, -0.05) is 57.8 Å². The molecule has 3 nitrogen and oxygen atoms in total. The summed E-state index contributed by atoms with van der Waals surface area (Å²) in [6.07, 6.45) is 14.4. The van der Waals surface area contributed by atoms with Gasteiger partial charge in [-0.15, -0.1) is 0 Å². The highest BCUT2D eigenvalue weighted by Gasteiger charge is 2.06. The van der Waals surface area contributed by atoms with Crippen LogP contribution in [0.15, 0.2) is 36.3 Å². The van der Waals surface area contributed by atoms with Crippen LogP contribution in [-0.4, -0.2) is 13.1 Å². The average molecular weight is 280 g/mol. The van der Waals surface area contributed by atoms with E-state index in [1.165, 1.54) is 45.6 Å². The van der Waals surface area contributed by atoms with E-state index in [-0.39, 0.29) is 5.95 Å². The topological polar surface area (TPSA) is 35.5 Å². The molecule has 0 aliphatic heterocycles. The summed E-state index contributed by atoms with van der Waals surface area (Å²) in [5.41, 5.74) is 0.351. The van der Waals surface area contributed by atoms with E-state index in [2.05, 4.69) is 19.6 Å². The number of carbonyl (C=O) groups is 1. The van der Waals surface area contributed by atoms with Crippen molar-refractivity contribution in [2.75, 3.05) is 7.11 Å². The van der Waals surface area contributed by atoms with Gasteiger partial charge in [0, 0.05) is 11.6 Å². The van der Waals surface area contributed by atoms with Crippen LogP contribution in [0.25, 0.3) is 0 Å². The van der Waals surface area contributed by atoms with Gasteiger partial charge in [0.05, 0.1) is 7.11 Å². The fourth-order valence-electron chi connectivity index (χ4n) is 1.61. The normalized spacial score (nSPS) is 11.7. The van der Waals surface area contributed by atoms with Crippen LogP contribution in [-0.2, 0) is 14.3 Å². The largest absolute Gasteiger partial charge is 0.468 e. The van der Waals surface area contributed by atoms with Crippen molar-refractivity contribution in [3.63, 3.8) is 0 Å². The van der Waals surface area contributed by atoms with E-state index in [1.807, 2.05) is 6.08 Å². The number of hydrogen-bond donors (Lipinski definition) is 0. The Morgan fingerprint density at radius 1 is 1.15 bits per heavy atom. The summed E-state index contributed by atoms with van der Waals surface area (Å²) in [4.78, 5) is 11.3. The molecule has 20 heavy (non-hydrogen) atoms. The SMILES string of the molecule is C=C(C)C(=O)O/C(=C/C=C/CCCCCCCC)OC. The molecular weight excluding hydrogens is 252 g/mol. The molecule has 0 aliphatic rings. The summed E-state index contributed by atoms with van der Waals surface area (Å²) < 4.78 is 9.95. The average Bonchev–Trinajstić information content (AvgIpc) is 2.43. The Kier molecular flexibility index (Phi) is 11.6. The summed E-state index contributed by atoms with van der Waals surface area (Å²) >= 11 is 0. The van der Waals surface area contributed by atoms with E-state index in [1.54, 1.807) is 13.0 Å². The van der Waals surface area contributed by atoms with E-state index >= 15 is 0 Å². The van der Waals surface area contributed by atoms with Crippen molar-refractivity contribution in [3.05, 3.63) is 36.3 Å². The molecule has 0 aliphatic carbocycles. The Morgan fingerprint density at radius 3 is 2.40 bits per heavy atom. The maximum atomic E-state index is 11.3. The van der Waals surface area contributed by atoms with Crippen molar-refractivity contribution in [1.82, 2.24) is 0 Å². The van der Waals surface area contributed by atoms with Crippen molar-refractivity contribution in [1.29, 1.82) is 0 Å². The van der Waals surface area contributed by atoms with Crippen LogP contribution >= 0.6 is 0 Å². The molecule has 0 radical (unpaired) electrons. The minimum absolute atomic E-state index is 0.192. The summed E-state index contributed by atoms with van der Waals surface area (Å²) in [5, 5.41) is 0. The van der Waals surface area contributed by atoms with Gasteiger partial charge in [-0.25, -0.2) is 4.79 Å². The molecule has 0 spiro atoms. The van der Waals surface area contributed by atoms with Crippen LogP contribution in [0, 0.1) is 0 Å². The Morgan fingerprint density at radius 2 is 1.80 bits per heavy atom. The first-order chi connectivity index (χ1) is 9.61. The molecule has 0 aromatic rings. The van der Waals surface area contributed by atoms with Gasteiger partial charge >= 0.3 is 5.97 Å². The molecule has 0 amide bonds. The van der Waals surface area contributed by atoms with Crippen molar-refractivity contribution in [2.24, 2.45) is 0 Å². The third-order valence-electron chi connectivity index (χ3n) is 2.84. The Balaban J connectivity index is 3.84. The van der Waals surface area contributed by atoms with E-state index in [4.69, 9.17) is 9.47 Å². The molecule has 0 rings (SSSR count). The predicted molar refractivity (Wildman–Crippen MR) is 83.1 cm³/mol. The highest BCUT2D eigenvalue weighted by molar-refractivity contribution is 5.87. The van der Waals surface area contributed by atoms with Gasteiger partial charge in [0.1, 0.15) is 0 Å². The molecule has 0 unspecified atom stereocenters. The monoisotopic (exact) mass is 280 g/mol. The second kappa shape index (κ2) is 12.5. The zero-order valence-corrected chi connectivity index (χ0v) is 13.1. The van der Waals surface area contributed by atoms with Crippen LogP contribution in [0.3, 0.4) is 0 Å². The van der Waals surface area contributed by atoms with Crippen molar-refractivity contribution in [3.8, 4) is 0 Å². The highest BCUT2D eigenvalue weighted by atomic mass is 16.7. The first-order valence-corrected chi connectivity index (χ1v) is 7.40. The van der Waals surface area contributed by atoms with Gasteiger partial charge < -0.3 is 9.47 Å². The molecule has 0 fully saturated rings. The van der Waals surface area contributed by atoms with Crippen molar-refractivity contribution in [2.45, 2.75) is 58.8 Å². The summed E-state index contributed by atoms with van der Waals surface area (Å²) in [7, 11) is 1.47. The van der Waals surface area contributed by atoms with Crippen molar-refractivity contribution >= 4 is 5.97 Å². The lowest BCUT2D eigenvalue weighted by molar-refractivity contribution is -0.139. The number of unbranched alkanes of at least 4 members (excludes halogenated alkanes) is 6. The van der Waals surface area contributed by atoms with Gasteiger partial charge in [-0.05, 0) is 19.8 Å². The fourth-order valence-corrected chi connectivity index (χ4v) is 1.61. The van der Waals surface area contributed by atoms with Gasteiger partial charge in [0.15, 0.2) is 0 Å². The fraction of sp³-hybridized carbons (Fsp3) is 0.588. The van der Waals surface area contributed by atoms with Crippen LogP contribution in [0.4, 0.5) is 0 Å². The minimum atomic E-state index is -0.470. The lowest BCUT2D eigenvalue weighted by Gasteiger charge is -2.05. The number of rotatable bonds is 11. The number of allylic oxidation sites excluding steroid dienone is 3. The van der Waals surface area contributed by atoms with Gasteiger partial charge in [-0.2, -0.15) is 0 Å². The highest BCUT2D eigenvalue weighted by Crippen LogP contribution is 2.08. The summed E-state index contributed by atoms with van der Waals surface area (Å²) in [6, 6.07) is 0. The molecule has 0 aromatic carbocycles. The number of hydrogen-bond acceptors (Lipinski definition) is 3. The summed E-state index contributed by atoms with van der Waals surface area (Å²) in [5.74, 6) is -0.278. The number of methoxy groups -OCH3 is 1. The third kappa shape index (κ3) is 10.4. The number of ether oxygens (including phenoxy) is 2. The predicted octanol–water partition coefficient (Wildman–Crippen LogP) is 4.90. The first kappa shape index (κ1) is 18.5. The Labute approximate surface area is 123 Å². The maximum Gasteiger partial charge on any atom is 0.340 e. The standard InChI is InChI=1S/C17H28O3/c1-5-6-7-8-9-10-11-12-13-14-16(19-4)20-17(18)15(2)3/h12-14H,2,5-11H2,1,3-4H3/b13-12+,16-14+. The Hall–Kier alpha value is -1.51. The molecule has 0 bridgehead atoms. The smallest absolute Gasteiger partial charge is 0.340 e. The molecule has 0 atom stereocenters. The molecule has 0 heterocycles.